The molecule has 0 aliphatic heterocycles. The van der Waals surface area contributed by atoms with Gasteiger partial charge in [-0.2, -0.15) is 0 Å². The largest absolute Gasteiger partial charge is 0.756 e. The van der Waals surface area contributed by atoms with Crippen molar-refractivity contribution in [1.82, 2.24) is 5.32 Å². The molecule has 0 aliphatic carbocycles. The highest BCUT2D eigenvalue weighted by atomic mass is 31.2. The number of carbonyl (C=O) groups excluding carboxylic acids is 1. The lowest BCUT2D eigenvalue weighted by atomic mass is 10.0. The lowest BCUT2D eigenvalue weighted by Crippen LogP contribution is -2.45. The van der Waals surface area contributed by atoms with Crippen molar-refractivity contribution in [2.75, 3.05) is 40.9 Å². The fraction of sp³-hybridized carbons (Fsp3) is 0.821. The molecule has 0 radical (unpaired) electrons. The van der Waals surface area contributed by atoms with Crippen LogP contribution >= 0.6 is 7.82 Å². The molecular formula is C39H75N2O6P. The Balaban J connectivity index is 3.91. The summed E-state index contributed by atoms with van der Waals surface area (Å²) in [7, 11) is 1.22. The molecule has 0 saturated heterocycles. The van der Waals surface area contributed by atoms with E-state index in [0.29, 0.717) is 11.0 Å². The van der Waals surface area contributed by atoms with E-state index in [1.54, 1.807) is 13.0 Å². The average Bonchev–Trinajstić information content (AvgIpc) is 3.03. The minimum absolute atomic E-state index is 0.0118. The van der Waals surface area contributed by atoms with Crippen LogP contribution in [0.3, 0.4) is 0 Å². The first-order chi connectivity index (χ1) is 23.0. The Morgan fingerprint density at radius 3 is 1.60 bits per heavy atom. The zero-order valence-corrected chi connectivity index (χ0v) is 32.6. The van der Waals surface area contributed by atoms with Crippen molar-refractivity contribution in [2.24, 2.45) is 0 Å². The van der Waals surface area contributed by atoms with E-state index in [1.807, 2.05) is 27.2 Å². The summed E-state index contributed by atoms with van der Waals surface area (Å²) in [6.45, 7) is 4.04. The summed E-state index contributed by atoms with van der Waals surface area (Å²) in [4.78, 5) is 24.1. The molecule has 3 atom stereocenters. The highest BCUT2D eigenvalue weighted by molar-refractivity contribution is 7.45. The van der Waals surface area contributed by atoms with Crippen LogP contribution in [-0.2, 0) is 18.4 Å². The molecule has 1 amide bonds. The van der Waals surface area contributed by atoms with Gasteiger partial charge in [-0.3, -0.25) is 9.36 Å². The normalized spacial score (nSPS) is 15.1. The van der Waals surface area contributed by atoms with Crippen LogP contribution in [0.4, 0.5) is 0 Å². The van der Waals surface area contributed by atoms with Crippen molar-refractivity contribution in [3.8, 4) is 0 Å². The van der Waals surface area contributed by atoms with Crippen LogP contribution in [-0.4, -0.2) is 68.5 Å². The Labute approximate surface area is 296 Å². The number of hydrogen-bond donors (Lipinski definition) is 2. The minimum Gasteiger partial charge on any atom is -0.756 e. The third-order valence-electron chi connectivity index (χ3n) is 8.39. The van der Waals surface area contributed by atoms with Gasteiger partial charge >= 0.3 is 0 Å². The van der Waals surface area contributed by atoms with Crippen molar-refractivity contribution >= 4 is 13.7 Å². The van der Waals surface area contributed by atoms with Gasteiger partial charge in [0.2, 0.25) is 5.91 Å². The number of allylic oxidation sites excluding steroid dienone is 5. The van der Waals surface area contributed by atoms with Gasteiger partial charge in [0.25, 0.3) is 7.82 Å². The first-order valence-corrected chi connectivity index (χ1v) is 20.8. The highest BCUT2D eigenvalue weighted by Gasteiger charge is 2.22. The maximum absolute atomic E-state index is 12.1. The van der Waals surface area contributed by atoms with Crippen molar-refractivity contribution in [3.05, 3.63) is 36.5 Å². The number of carbonyl (C=O) groups is 1. The molecule has 48 heavy (non-hydrogen) atoms. The lowest BCUT2D eigenvalue weighted by Gasteiger charge is -2.29. The van der Waals surface area contributed by atoms with E-state index in [4.69, 9.17) is 9.05 Å². The summed E-state index contributed by atoms with van der Waals surface area (Å²) in [5.41, 5.74) is 0. The predicted octanol–water partition coefficient (Wildman–Crippen LogP) is 9.33. The summed E-state index contributed by atoms with van der Waals surface area (Å²) in [5, 5.41) is 13.2. The van der Waals surface area contributed by atoms with Crippen molar-refractivity contribution in [1.29, 1.82) is 0 Å². The Morgan fingerprint density at radius 1 is 0.708 bits per heavy atom. The number of phosphoric acid groups is 1. The second-order valence-corrected chi connectivity index (χ2v) is 15.6. The standard InChI is InChI=1S/C39H75N2O6P/c1-6-8-9-10-11-12-13-14-15-16-17-18-19-20-21-22-23-24-25-26-27-28-29-30-31-32-33-38(42)37(40-39(43)7-2)36-47-48(44,45)46-35-34-41(3,4)5/h24-25,28-29,32-33,37-38,42H,6-23,26-27,30-31,34-36H2,1-5H3,(H-,40,43,44,45)/b25-24+,29-28+,33-32+. The van der Waals surface area contributed by atoms with Crippen LogP contribution in [0.2, 0.25) is 0 Å². The molecule has 2 N–H and O–H groups in total. The summed E-state index contributed by atoms with van der Waals surface area (Å²) < 4.78 is 22.6. The van der Waals surface area contributed by atoms with Gasteiger partial charge in [0.1, 0.15) is 13.2 Å². The van der Waals surface area contributed by atoms with Crippen molar-refractivity contribution in [3.63, 3.8) is 0 Å². The van der Waals surface area contributed by atoms with Crippen LogP contribution < -0.4 is 10.2 Å². The molecule has 0 rings (SSSR count). The molecule has 8 nitrogen and oxygen atoms in total. The molecule has 9 heteroatoms. The van der Waals surface area contributed by atoms with Crippen LogP contribution in [0.25, 0.3) is 0 Å². The first-order valence-electron chi connectivity index (χ1n) is 19.4. The first kappa shape index (κ1) is 46.7. The summed E-state index contributed by atoms with van der Waals surface area (Å²) in [6.07, 6.45) is 38.7. The van der Waals surface area contributed by atoms with Gasteiger partial charge in [-0.05, 0) is 38.5 Å². The number of likely N-dealkylation sites (N-methyl/N-ethyl adjacent to an activating group) is 1. The van der Waals surface area contributed by atoms with E-state index in [2.05, 4.69) is 36.5 Å². The third kappa shape index (κ3) is 33.2. The lowest BCUT2D eigenvalue weighted by molar-refractivity contribution is -0.870. The molecule has 0 saturated carbocycles. The van der Waals surface area contributed by atoms with Gasteiger partial charge in [-0.15, -0.1) is 0 Å². The number of nitrogens with zero attached hydrogens (tertiary/aromatic N) is 1. The fourth-order valence-corrected chi connectivity index (χ4v) is 5.93. The molecule has 282 valence electrons. The SMILES string of the molecule is CCCCCCCCCCCCCCCCCC/C=C/CC/C=C/CC/C=C/C(O)C(COP(=O)([O-])OCC[N+](C)(C)C)NC(=O)CC. The number of aliphatic hydroxyl groups excluding tert-OH is 1. The van der Waals surface area contributed by atoms with E-state index in [0.717, 1.165) is 25.7 Å². The van der Waals surface area contributed by atoms with Crippen molar-refractivity contribution in [2.45, 2.75) is 167 Å². The summed E-state index contributed by atoms with van der Waals surface area (Å²) in [5.74, 6) is -0.301. The maximum atomic E-state index is 12.1. The van der Waals surface area contributed by atoms with Gasteiger partial charge in [0, 0.05) is 6.42 Å². The van der Waals surface area contributed by atoms with Gasteiger partial charge < -0.3 is 28.8 Å². The van der Waals surface area contributed by atoms with E-state index in [1.165, 1.54) is 109 Å². The fourth-order valence-electron chi connectivity index (χ4n) is 5.21. The second-order valence-electron chi connectivity index (χ2n) is 14.2. The number of phosphoric ester groups is 1. The topological polar surface area (TPSA) is 108 Å². The summed E-state index contributed by atoms with van der Waals surface area (Å²) >= 11 is 0. The minimum atomic E-state index is -4.56. The molecule has 0 heterocycles. The predicted molar refractivity (Wildman–Crippen MR) is 201 cm³/mol. The molecule has 0 aromatic heterocycles. The molecule has 3 unspecified atom stereocenters. The van der Waals surface area contributed by atoms with E-state index < -0.39 is 26.6 Å². The zero-order valence-electron chi connectivity index (χ0n) is 31.7. The van der Waals surface area contributed by atoms with Crippen LogP contribution in [0.1, 0.15) is 155 Å². The molecule has 0 fully saturated rings. The number of nitrogens with one attached hydrogen (secondary N) is 1. The Morgan fingerprint density at radius 2 is 1.15 bits per heavy atom. The molecule has 0 bridgehead atoms. The van der Waals surface area contributed by atoms with Gasteiger partial charge in [-0.1, -0.05) is 147 Å². The molecule has 0 aromatic rings. The zero-order chi connectivity index (χ0) is 35.8. The van der Waals surface area contributed by atoms with Gasteiger partial charge in [-0.25, -0.2) is 0 Å². The quantitative estimate of drug-likeness (QED) is 0.0300. The number of rotatable bonds is 34. The van der Waals surface area contributed by atoms with E-state index in [9.17, 15) is 19.4 Å². The second kappa shape index (κ2) is 31.7. The number of unbranched alkanes of at least 4 members (excludes halogenated alkanes) is 18. The van der Waals surface area contributed by atoms with Crippen LogP contribution in [0, 0.1) is 0 Å². The number of aliphatic hydroxyl groups is 1. The average molecular weight is 699 g/mol. The highest BCUT2D eigenvalue weighted by Crippen LogP contribution is 2.38. The van der Waals surface area contributed by atoms with Crippen LogP contribution in [0.15, 0.2) is 36.5 Å². The molecule has 0 aromatic carbocycles. The number of amides is 1. The monoisotopic (exact) mass is 699 g/mol. The van der Waals surface area contributed by atoms with E-state index >= 15 is 0 Å². The third-order valence-corrected chi connectivity index (χ3v) is 9.36. The Hall–Kier alpha value is -1.28. The molecule has 0 spiro atoms. The van der Waals surface area contributed by atoms with Gasteiger partial charge in [0.15, 0.2) is 0 Å². The number of quaternary nitrogens is 1. The molecule has 0 aliphatic rings. The Kier molecular flexibility index (Phi) is 30.8. The van der Waals surface area contributed by atoms with Crippen LogP contribution in [0.5, 0.6) is 0 Å². The van der Waals surface area contributed by atoms with E-state index in [-0.39, 0.29) is 18.9 Å². The summed E-state index contributed by atoms with van der Waals surface area (Å²) in [6, 6.07) is -0.903. The number of hydrogen-bond acceptors (Lipinski definition) is 6. The van der Waals surface area contributed by atoms with Gasteiger partial charge in [0.05, 0.1) is 39.9 Å². The Bertz CT molecular complexity index is 886. The maximum Gasteiger partial charge on any atom is 0.268 e. The van der Waals surface area contributed by atoms with Crippen molar-refractivity contribution < 1.29 is 32.9 Å². The smallest absolute Gasteiger partial charge is 0.268 e. The molecular weight excluding hydrogens is 623 g/mol.